The first-order valence-electron chi connectivity index (χ1n) is 10.9. The fraction of sp³-hybridized carbons (Fsp3) is 0.0345. The maximum Gasteiger partial charge on any atom is 0.275 e. The monoisotopic (exact) mass is 508 g/mol. The fourth-order valence-electron chi connectivity index (χ4n) is 3.93. The van der Waals surface area contributed by atoms with Crippen LogP contribution in [0.15, 0.2) is 113 Å². The van der Waals surface area contributed by atoms with Crippen LogP contribution in [0.1, 0.15) is 21.5 Å². The molecule has 0 bridgehead atoms. The number of halogens is 1. The predicted octanol–water partition coefficient (Wildman–Crippen LogP) is 7.10. The Morgan fingerprint density at radius 1 is 0.824 bits per heavy atom. The summed E-state index contributed by atoms with van der Waals surface area (Å²) < 4.78 is 6.94. The van der Waals surface area contributed by atoms with E-state index in [-0.39, 0.29) is 5.91 Å². The molecule has 166 valence electrons. The molecule has 0 saturated carbocycles. The number of hydrazone groups is 1. The third-order valence-corrected chi connectivity index (χ3v) is 6.14. The summed E-state index contributed by atoms with van der Waals surface area (Å²) in [6, 6.07) is 33.6. The maximum absolute atomic E-state index is 12.9. The van der Waals surface area contributed by atoms with Crippen LogP contribution in [0.5, 0.6) is 5.75 Å². The van der Waals surface area contributed by atoms with Gasteiger partial charge in [0, 0.05) is 10.0 Å². The van der Waals surface area contributed by atoms with Crippen molar-refractivity contribution in [1.29, 1.82) is 0 Å². The van der Waals surface area contributed by atoms with E-state index in [0.29, 0.717) is 17.9 Å². The Balaban J connectivity index is 1.37. The van der Waals surface area contributed by atoms with Gasteiger partial charge in [-0.1, -0.05) is 88.7 Å². The second kappa shape index (κ2) is 9.89. The second-order valence-corrected chi connectivity index (χ2v) is 8.76. The molecule has 0 aliphatic carbocycles. The van der Waals surface area contributed by atoms with Crippen molar-refractivity contribution in [1.82, 2.24) is 5.43 Å². The average molecular weight is 509 g/mol. The molecule has 4 nitrogen and oxygen atoms in total. The number of hydrogen-bond acceptors (Lipinski definition) is 3. The van der Waals surface area contributed by atoms with Gasteiger partial charge in [0.2, 0.25) is 0 Å². The van der Waals surface area contributed by atoms with E-state index in [1.54, 1.807) is 18.3 Å². The highest BCUT2D eigenvalue weighted by Crippen LogP contribution is 2.27. The largest absolute Gasteiger partial charge is 0.488 e. The normalized spacial score (nSPS) is 11.2. The van der Waals surface area contributed by atoms with Crippen molar-refractivity contribution >= 4 is 49.6 Å². The van der Waals surface area contributed by atoms with Crippen LogP contribution < -0.4 is 10.2 Å². The number of benzene rings is 5. The molecule has 1 amide bonds. The van der Waals surface area contributed by atoms with Crippen LogP contribution in [-0.4, -0.2) is 12.1 Å². The van der Waals surface area contributed by atoms with E-state index in [1.165, 1.54) is 0 Å². The summed E-state index contributed by atoms with van der Waals surface area (Å²) in [5, 5.41) is 8.72. The van der Waals surface area contributed by atoms with Crippen molar-refractivity contribution < 1.29 is 9.53 Å². The fourth-order valence-corrected chi connectivity index (χ4v) is 4.19. The molecule has 0 aliphatic rings. The van der Waals surface area contributed by atoms with Gasteiger partial charge in [0.1, 0.15) is 12.4 Å². The summed E-state index contributed by atoms with van der Waals surface area (Å²) in [5.41, 5.74) is 5.08. The molecule has 0 aliphatic heterocycles. The lowest BCUT2D eigenvalue weighted by Gasteiger charge is -2.11. The Labute approximate surface area is 206 Å². The molecule has 0 radical (unpaired) electrons. The molecule has 5 aromatic carbocycles. The summed E-state index contributed by atoms with van der Waals surface area (Å²) in [7, 11) is 0. The molecule has 0 fully saturated rings. The number of fused-ring (bicyclic) bond motifs is 2. The van der Waals surface area contributed by atoms with Gasteiger partial charge in [-0.25, -0.2) is 5.43 Å². The Kier molecular flexibility index (Phi) is 6.36. The second-order valence-electron chi connectivity index (χ2n) is 7.84. The summed E-state index contributed by atoms with van der Waals surface area (Å²) in [4.78, 5) is 12.9. The van der Waals surface area contributed by atoms with E-state index < -0.39 is 0 Å². The number of ether oxygens (including phenoxy) is 1. The lowest BCUT2D eigenvalue weighted by Crippen LogP contribution is -2.18. The first-order valence-corrected chi connectivity index (χ1v) is 11.7. The smallest absolute Gasteiger partial charge is 0.275 e. The van der Waals surface area contributed by atoms with Crippen LogP contribution in [0, 0.1) is 0 Å². The van der Waals surface area contributed by atoms with Crippen LogP contribution >= 0.6 is 15.9 Å². The first-order chi connectivity index (χ1) is 16.7. The molecular weight excluding hydrogens is 488 g/mol. The number of amides is 1. The zero-order valence-corrected chi connectivity index (χ0v) is 19.8. The van der Waals surface area contributed by atoms with Gasteiger partial charge in [0.25, 0.3) is 5.91 Å². The highest BCUT2D eigenvalue weighted by Gasteiger charge is 2.12. The van der Waals surface area contributed by atoms with Gasteiger partial charge in [-0.2, -0.15) is 5.10 Å². The van der Waals surface area contributed by atoms with E-state index >= 15 is 0 Å². The summed E-state index contributed by atoms with van der Waals surface area (Å²) in [5.74, 6) is 0.181. The molecule has 0 spiro atoms. The van der Waals surface area contributed by atoms with Crippen LogP contribution in [0.2, 0.25) is 0 Å². The molecule has 0 atom stereocenters. The molecule has 0 heterocycles. The number of para-hydroxylation sites is 1. The third kappa shape index (κ3) is 4.70. The lowest BCUT2D eigenvalue weighted by atomic mass is 9.97. The Morgan fingerprint density at radius 3 is 2.15 bits per heavy atom. The number of hydrogen-bond donors (Lipinski definition) is 1. The molecule has 0 saturated heterocycles. The quantitative estimate of drug-likeness (QED) is 0.151. The van der Waals surface area contributed by atoms with Crippen molar-refractivity contribution in [3.05, 3.63) is 124 Å². The van der Waals surface area contributed by atoms with E-state index in [2.05, 4.69) is 56.8 Å². The van der Waals surface area contributed by atoms with Gasteiger partial charge >= 0.3 is 0 Å². The number of carbonyl (C=O) groups is 1. The molecular formula is C29H21BrN2O2. The molecule has 5 rings (SSSR count). The molecule has 0 unspecified atom stereocenters. The Hall–Kier alpha value is -3.96. The minimum atomic E-state index is -0.327. The molecule has 34 heavy (non-hydrogen) atoms. The number of nitrogens with one attached hydrogen (secondary N) is 1. The third-order valence-electron chi connectivity index (χ3n) is 5.61. The SMILES string of the molecule is O=C(NN=Cc1c2ccccc2cc2ccccc12)c1ccccc1OCc1ccc(Br)cc1. The van der Waals surface area contributed by atoms with Crippen LogP contribution in [0.4, 0.5) is 0 Å². The number of rotatable bonds is 6. The Morgan fingerprint density at radius 2 is 1.44 bits per heavy atom. The summed E-state index contributed by atoms with van der Waals surface area (Å²) in [6.45, 7) is 0.364. The average Bonchev–Trinajstić information content (AvgIpc) is 2.88. The van der Waals surface area contributed by atoms with Gasteiger partial charge in [0.15, 0.2) is 0 Å². The van der Waals surface area contributed by atoms with Crippen molar-refractivity contribution in [2.75, 3.05) is 0 Å². The van der Waals surface area contributed by atoms with Gasteiger partial charge in [-0.3, -0.25) is 4.79 Å². The van der Waals surface area contributed by atoms with Gasteiger partial charge in [0.05, 0.1) is 11.8 Å². The predicted molar refractivity (Wildman–Crippen MR) is 141 cm³/mol. The summed E-state index contributed by atoms with van der Waals surface area (Å²) in [6.07, 6.45) is 1.72. The summed E-state index contributed by atoms with van der Waals surface area (Å²) >= 11 is 3.43. The molecule has 0 aromatic heterocycles. The van der Waals surface area contributed by atoms with Crippen LogP contribution in [0.3, 0.4) is 0 Å². The van der Waals surface area contributed by atoms with E-state index in [1.807, 2.05) is 60.7 Å². The lowest BCUT2D eigenvalue weighted by molar-refractivity contribution is 0.0950. The zero-order valence-electron chi connectivity index (χ0n) is 18.2. The number of carbonyl (C=O) groups excluding carboxylic acids is 1. The highest BCUT2D eigenvalue weighted by atomic mass is 79.9. The van der Waals surface area contributed by atoms with Gasteiger partial charge in [-0.15, -0.1) is 0 Å². The van der Waals surface area contributed by atoms with Gasteiger partial charge < -0.3 is 4.74 Å². The van der Waals surface area contributed by atoms with Crippen molar-refractivity contribution in [3.8, 4) is 5.75 Å². The minimum absolute atomic E-state index is 0.327. The first kappa shape index (κ1) is 21.9. The van der Waals surface area contributed by atoms with Crippen molar-refractivity contribution in [2.24, 2.45) is 5.10 Å². The zero-order chi connectivity index (χ0) is 23.3. The molecule has 5 aromatic rings. The highest BCUT2D eigenvalue weighted by molar-refractivity contribution is 9.10. The molecule has 1 N–H and O–H groups in total. The Bertz CT molecular complexity index is 1460. The van der Waals surface area contributed by atoms with Crippen molar-refractivity contribution in [2.45, 2.75) is 6.61 Å². The maximum atomic E-state index is 12.9. The van der Waals surface area contributed by atoms with E-state index in [4.69, 9.17) is 4.74 Å². The number of nitrogens with zero attached hydrogens (tertiary/aromatic N) is 1. The van der Waals surface area contributed by atoms with Crippen LogP contribution in [-0.2, 0) is 6.61 Å². The van der Waals surface area contributed by atoms with Crippen molar-refractivity contribution in [3.63, 3.8) is 0 Å². The molecule has 5 heteroatoms. The topological polar surface area (TPSA) is 50.7 Å². The van der Waals surface area contributed by atoms with Crippen LogP contribution in [0.25, 0.3) is 21.5 Å². The van der Waals surface area contributed by atoms with E-state index in [9.17, 15) is 4.79 Å². The van der Waals surface area contributed by atoms with E-state index in [0.717, 1.165) is 37.1 Å². The minimum Gasteiger partial charge on any atom is -0.488 e. The standard InChI is InChI=1S/C29H21BrN2O2/c30-23-15-13-20(14-16-23)19-34-28-12-6-5-11-26(28)29(33)32-31-18-27-24-9-3-1-7-21(24)17-22-8-2-4-10-25(22)27/h1-18H,19H2,(H,32,33). The van der Waals surface area contributed by atoms with Gasteiger partial charge in [-0.05, 0) is 57.4 Å².